The van der Waals surface area contributed by atoms with Gasteiger partial charge in [-0.15, -0.1) is 0 Å². The highest BCUT2D eigenvalue weighted by atomic mass is 31.2. The fourth-order valence-corrected chi connectivity index (χ4v) is 12.2. The van der Waals surface area contributed by atoms with Crippen molar-refractivity contribution in [3.05, 3.63) is 85.1 Å². The topological polar surface area (TPSA) is 237 Å². The summed E-state index contributed by atoms with van der Waals surface area (Å²) in [6.07, 6.45) is 75.7. The summed E-state index contributed by atoms with van der Waals surface area (Å²) in [5.74, 6) is -2.24. The van der Waals surface area contributed by atoms with Crippen LogP contribution >= 0.6 is 15.6 Å². The van der Waals surface area contributed by atoms with Crippen molar-refractivity contribution in [1.82, 2.24) is 0 Å². The predicted octanol–water partition coefficient (Wildman–Crippen LogP) is 23.0. The van der Waals surface area contributed by atoms with Crippen molar-refractivity contribution < 1.29 is 80.2 Å². The van der Waals surface area contributed by atoms with E-state index in [0.717, 1.165) is 141 Å². The maximum atomic E-state index is 13.1. The van der Waals surface area contributed by atoms with Gasteiger partial charge in [0.05, 0.1) is 26.4 Å². The van der Waals surface area contributed by atoms with Gasteiger partial charge in [-0.05, 0) is 141 Å². The lowest BCUT2D eigenvalue weighted by Crippen LogP contribution is -2.30. The normalized spacial score (nSPS) is 14.3. The molecule has 5 atom stereocenters. The summed E-state index contributed by atoms with van der Waals surface area (Å²) in [7, 11) is -9.97. The fraction of sp³-hybridized carbons (Fsp3) is 0.778. The summed E-state index contributed by atoms with van der Waals surface area (Å²) in [6, 6.07) is 0. The van der Waals surface area contributed by atoms with Crippen LogP contribution < -0.4 is 0 Å². The van der Waals surface area contributed by atoms with Gasteiger partial charge in [0.2, 0.25) is 0 Å². The zero-order chi connectivity index (χ0) is 73.2. The summed E-state index contributed by atoms with van der Waals surface area (Å²) < 4.78 is 68.5. The van der Waals surface area contributed by atoms with Crippen molar-refractivity contribution in [2.45, 2.75) is 367 Å². The first kappa shape index (κ1) is 96.2. The van der Waals surface area contributed by atoms with Gasteiger partial charge in [-0.1, -0.05) is 267 Å². The number of esters is 4. The third-order valence-electron chi connectivity index (χ3n) is 16.8. The van der Waals surface area contributed by atoms with Crippen molar-refractivity contribution in [1.29, 1.82) is 0 Å². The van der Waals surface area contributed by atoms with Crippen LogP contribution in [0.3, 0.4) is 0 Å². The Bertz CT molecular complexity index is 2230. The average molecular weight is 1450 g/mol. The molecule has 0 aromatic carbocycles. The van der Waals surface area contributed by atoms with E-state index in [0.29, 0.717) is 32.1 Å². The van der Waals surface area contributed by atoms with Gasteiger partial charge in [0.1, 0.15) is 19.3 Å². The molecule has 0 fully saturated rings. The van der Waals surface area contributed by atoms with Crippen LogP contribution in [-0.2, 0) is 65.4 Å². The van der Waals surface area contributed by atoms with Crippen molar-refractivity contribution in [3.63, 3.8) is 0 Å². The Morgan fingerprint density at radius 1 is 0.280 bits per heavy atom. The Morgan fingerprint density at radius 2 is 0.500 bits per heavy atom. The van der Waals surface area contributed by atoms with E-state index < -0.39 is 97.5 Å². The molecule has 0 saturated carbocycles. The van der Waals surface area contributed by atoms with Crippen molar-refractivity contribution >= 4 is 39.5 Å². The molecular weight excluding hydrogens is 1310 g/mol. The van der Waals surface area contributed by atoms with Crippen molar-refractivity contribution in [3.8, 4) is 0 Å². The van der Waals surface area contributed by atoms with Crippen molar-refractivity contribution in [2.24, 2.45) is 0 Å². The lowest BCUT2D eigenvalue weighted by Gasteiger charge is -2.21. The minimum absolute atomic E-state index is 0.0197. The average Bonchev–Trinajstić information content (AvgIpc) is 1.22. The highest BCUT2D eigenvalue weighted by Gasteiger charge is 2.30. The van der Waals surface area contributed by atoms with Crippen LogP contribution in [-0.4, -0.2) is 96.7 Å². The van der Waals surface area contributed by atoms with Crippen LogP contribution in [0.15, 0.2) is 85.1 Å². The van der Waals surface area contributed by atoms with Crippen LogP contribution in [0.4, 0.5) is 0 Å². The molecule has 0 aromatic rings. The summed E-state index contributed by atoms with van der Waals surface area (Å²) in [6.45, 7) is 4.77. The fourth-order valence-electron chi connectivity index (χ4n) is 10.7. The zero-order valence-electron chi connectivity index (χ0n) is 63.4. The molecular formula is C81H144O17P2. The number of unbranched alkanes of at least 4 members (excludes halogenated alkanes) is 35. The maximum absolute atomic E-state index is 13.1. The summed E-state index contributed by atoms with van der Waals surface area (Å²) in [5, 5.41) is 10.6. The Hall–Kier alpha value is -3.76. The molecule has 0 rings (SSSR count). The minimum atomic E-state index is -4.99. The second-order valence-corrected chi connectivity index (χ2v) is 29.5. The SMILES string of the molecule is CCCCC/C=C\C/C=C\C/C=C\C/C=C\CCCC(=O)O[C@H](COC(=O)CCCCCCCCC/C=C\CCCCCC)COP(=O)(O)OC[C@@H](O)COP(=O)(O)OC[C@@H](COC(=O)CCCCCCC/C=C\CCCCCC)OC(=O)CCCCCCC/C=C\CCCCCCCC. The number of hydrogen-bond donors (Lipinski definition) is 3. The lowest BCUT2D eigenvalue weighted by molar-refractivity contribution is -0.161. The number of aliphatic hydroxyl groups is 1. The molecule has 0 spiro atoms. The first-order chi connectivity index (χ1) is 48.7. The van der Waals surface area contributed by atoms with E-state index in [2.05, 4.69) is 101 Å². The third kappa shape index (κ3) is 72.6. The molecule has 0 heterocycles. The number of phosphoric acid groups is 2. The molecule has 0 aromatic heterocycles. The smallest absolute Gasteiger partial charge is 0.462 e. The number of carbonyl (C=O) groups excluding carboxylic acids is 4. The molecule has 3 N–H and O–H groups in total. The monoisotopic (exact) mass is 1450 g/mol. The molecule has 0 bridgehead atoms. The van der Waals surface area contributed by atoms with Gasteiger partial charge >= 0.3 is 39.5 Å². The predicted molar refractivity (Wildman–Crippen MR) is 409 cm³/mol. The Labute approximate surface area is 608 Å². The Kier molecular flexibility index (Phi) is 70.8. The summed E-state index contributed by atoms with van der Waals surface area (Å²) in [4.78, 5) is 72.9. The third-order valence-corrected chi connectivity index (χ3v) is 18.7. The second-order valence-electron chi connectivity index (χ2n) is 26.6. The summed E-state index contributed by atoms with van der Waals surface area (Å²) >= 11 is 0. The first-order valence-corrected chi connectivity index (χ1v) is 42.8. The van der Waals surface area contributed by atoms with E-state index in [1.807, 2.05) is 12.2 Å². The Morgan fingerprint density at radius 3 is 0.830 bits per heavy atom. The van der Waals surface area contributed by atoms with Gasteiger partial charge in [0, 0.05) is 25.7 Å². The number of carbonyl (C=O) groups is 4. The van der Waals surface area contributed by atoms with Crippen molar-refractivity contribution in [2.75, 3.05) is 39.6 Å². The van der Waals surface area contributed by atoms with Crippen LogP contribution in [0.25, 0.3) is 0 Å². The molecule has 19 heteroatoms. The second kappa shape index (κ2) is 73.5. The highest BCUT2D eigenvalue weighted by molar-refractivity contribution is 7.47. The van der Waals surface area contributed by atoms with Gasteiger partial charge in [0.25, 0.3) is 0 Å². The van der Waals surface area contributed by atoms with Gasteiger partial charge in [0.15, 0.2) is 12.2 Å². The van der Waals surface area contributed by atoms with E-state index in [-0.39, 0.29) is 25.7 Å². The van der Waals surface area contributed by atoms with Gasteiger partial charge in [-0.2, -0.15) is 0 Å². The largest absolute Gasteiger partial charge is 0.472 e. The molecule has 0 aliphatic heterocycles. The molecule has 2 unspecified atom stereocenters. The molecule has 0 saturated heterocycles. The lowest BCUT2D eigenvalue weighted by atomic mass is 10.1. The number of phosphoric ester groups is 2. The number of aliphatic hydroxyl groups excluding tert-OH is 1. The van der Waals surface area contributed by atoms with E-state index in [1.165, 1.54) is 122 Å². The molecule has 0 aliphatic carbocycles. The number of ether oxygens (including phenoxy) is 4. The van der Waals surface area contributed by atoms with E-state index in [1.54, 1.807) is 0 Å². The maximum Gasteiger partial charge on any atom is 0.472 e. The zero-order valence-corrected chi connectivity index (χ0v) is 65.2. The molecule has 100 heavy (non-hydrogen) atoms. The van der Waals surface area contributed by atoms with Crippen LogP contribution in [0.2, 0.25) is 0 Å². The molecule has 0 amide bonds. The number of rotatable bonds is 75. The number of hydrogen-bond acceptors (Lipinski definition) is 15. The van der Waals surface area contributed by atoms with Gasteiger partial charge in [-0.3, -0.25) is 37.3 Å². The molecule has 17 nitrogen and oxygen atoms in total. The molecule has 580 valence electrons. The van der Waals surface area contributed by atoms with Gasteiger partial charge < -0.3 is 33.8 Å². The first-order valence-electron chi connectivity index (χ1n) is 39.8. The van der Waals surface area contributed by atoms with E-state index in [4.69, 9.17) is 37.0 Å². The van der Waals surface area contributed by atoms with Gasteiger partial charge in [-0.25, -0.2) is 9.13 Å². The minimum Gasteiger partial charge on any atom is -0.462 e. The standard InChI is InChI=1S/C81H144O17P2/c1-5-9-13-17-21-25-29-33-36-37-40-44-48-52-56-60-64-68-81(86)98-77(72-92-79(84)66-62-58-54-50-46-42-38-34-30-26-22-18-14-10-6-2)74-96-100(89,90)94-70-75(82)69-93-99(87,88)95-73-76(71-91-78(83)65-61-57-53-49-45-41-32-28-24-20-16-12-8-4)97-80(85)67-63-59-55-51-47-43-39-35-31-27-23-19-15-11-7-3/h21,25-26,28,30,32-33,35-36,39-40,44,52,56,75-77,82H,5-20,22-24,27,29,31,34,37-38,41-43,45-51,53-55,57-74H2,1-4H3,(H,87,88)(H,89,90)/b25-21-,30-26-,32-28-,36-33-,39-35-,44-40-,56-52-/t75-,76+,77+/m0/s1. The summed E-state index contributed by atoms with van der Waals surface area (Å²) in [5.41, 5.74) is 0. The van der Waals surface area contributed by atoms with Crippen LogP contribution in [0.1, 0.15) is 349 Å². The Balaban J connectivity index is 5.40. The van der Waals surface area contributed by atoms with Crippen LogP contribution in [0.5, 0.6) is 0 Å². The van der Waals surface area contributed by atoms with E-state index >= 15 is 0 Å². The van der Waals surface area contributed by atoms with E-state index in [9.17, 15) is 43.2 Å². The molecule has 0 aliphatic rings. The van der Waals surface area contributed by atoms with Crippen LogP contribution in [0, 0.1) is 0 Å². The quantitative estimate of drug-likeness (QED) is 0.0169. The molecule has 0 radical (unpaired) electrons. The highest BCUT2D eigenvalue weighted by Crippen LogP contribution is 2.45. The number of allylic oxidation sites excluding steroid dienone is 14.